The van der Waals surface area contributed by atoms with Crippen LogP contribution in [0.3, 0.4) is 0 Å². The van der Waals surface area contributed by atoms with Crippen molar-refractivity contribution in [3.8, 4) is 0 Å². The number of ether oxygens (including phenoxy) is 1. The molecule has 0 aliphatic carbocycles. The first-order chi connectivity index (χ1) is 15.2. The maximum absolute atomic E-state index is 13.8. The molecular weight excluding hydrogens is 394 g/mol. The molecule has 5 aliphatic heterocycles. The molecular formula is C23H33N5O3. The van der Waals surface area contributed by atoms with E-state index in [4.69, 9.17) is 4.74 Å². The van der Waals surface area contributed by atoms with E-state index in [-0.39, 0.29) is 29.8 Å². The number of nitrogens with zero attached hydrogens (tertiary/aromatic N) is 5. The van der Waals surface area contributed by atoms with E-state index in [1.165, 1.54) is 0 Å². The van der Waals surface area contributed by atoms with E-state index in [0.717, 1.165) is 71.7 Å². The van der Waals surface area contributed by atoms with E-state index in [0.29, 0.717) is 24.2 Å². The lowest BCUT2D eigenvalue weighted by atomic mass is 9.71. The number of likely N-dealkylation sites (tertiary alicyclic amines) is 2. The zero-order valence-electron chi connectivity index (χ0n) is 18.1. The summed E-state index contributed by atoms with van der Waals surface area (Å²) >= 11 is 0. The monoisotopic (exact) mass is 427 g/mol. The number of carbonyl (C=O) groups is 2. The summed E-state index contributed by atoms with van der Waals surface area (Å²) < 4.78 is 7.73. The van der Waals surface area contributed by atoms with Crippen LogP contribution in [0, 0.1) is 23.7 Å². The number of amides is 2. The molecule has 0 saturated carbocycles. The van der Waals surface area contributed by atoms with E-state index in [1.807, 2.05) is 18.7 Å². The third-order valence-corrected chi connectivity index (χ3v) is 8.46. The fourth-order valence-corrected chi connectivity index (χ4v) is 6.98. The van der Waals surface area contributed by atoms with Crippen molar-refractivity contribution in [3.05, 3.63) is 18.7 Å². The molecule has 0 aromatic carbocycles. The van der Waals surface area contributed by atoms with Crippen molar-refractivity contribution in [2.75, 3.05) is 45.9 Å². The molecule has 0 radical (unpaired) electrons. The highest BCUT2D eigenvalue weighted by Crippen LogP contribution is 2.43. The van der Waals surface area contributed by atoms with Gasteiger partial charge >= 0.3 is 0 Å². The van der Waals surface area contributed by atoms with Crippen molar-refractivity contribution in [2.45, 2.75) is 44.3 Å². The van der Waals surface area contributed by atoms with E-state index >= 15 is 0 Å². The first-order valence-corrected chi connectivity index (χ1v) is 12.0. The predicted octanol–water partition coefficient (Wildman–Crippen LogP) is 0.689. The summed E-state index contributed by atoms with van der Waals surface area (Å²) in [6.45, 7) is 6.97. The third kappa shape index (κ3) is 3.48. The van der Waals surface area contributed by atoms with Gasteiger partial charge in [0.15, 0.2) is 0 Å². The van der Waals surface area contributed by atoms with Crippen LogP contribution in [0.2, 0.25) is 0 Å². The van der Waals surface area contributed by atoms with Gasteiger partial charge in [0.2, 0.25) is 11.8 Å². The number of imidazole rings is 1. The summed E-state index contributed by atoms with van der Waals surface area (Å²) in [5.41, 5.74) is 0. The lowest BCUT2D eigenvalue weighted by Crippen LogP contribution is -2.68. The molecule has 8 nitrogen and oxygen atoms in total. The summed E-state index contributed by atoms with van der Waals surface area (Å²) in [7, 11) is 0. The summed E-state index contributed by atoms with van der Waals surface area (Å²) in [4.78, 5) is 37.7. The van der Waals surface area contributed by atoms with Crippen LogP contribution in [0.4, 0.5) is 0 Å². The number of carbonyl (C=O) groups excluding carboxylic acids is 2. The Balaban J connectivity index is 1.22. The van der Waals surface area contributed by atoms with Gasteiger partial charge in [0, 0.05) is 81.9 Å². The van der Waals surface area contributed by atoms with Gasteiger partial charge in [-0.25, -0.2) is 4.98 Å². The summed E-state index contributed by atoms with van der Waals surface area (Å²) in [6.07, 6.45) is 9.38. The molecule has 2 amide bonds. The molecule has 0 spiro atoms. The Labute approximate surface area is 183 Å². The van der Waals surface area contributed by atoms with Crippen LogP contribution in [0.1, 0.15) is 25.7 Å². The topological polar surface area (TPSA) is 70.9 Å². The standard InChI is InChI=1S/C23H33N5O3/c29-21-3-1-2-20-16-8-17(10-26(9-16)7-6-25-5-4-24-15-25)22(28(20)21)23(30)27-11-18-13-31-14-19(18)12-27/h4-5,15-20,22H,1-3,6-14H2/t16-,17+,18-,19+,20+,22-/m1/s1. The molecule has 31 heavy (non-hydrogen) atoms. The van der Waals surface area contributed by atoms with E-state index in [9.17, 15) is 9.59 Å². The molecule has 8 heteroatoms. The molecule has 2 bridgehead atoms. The van der Waals surface area contributed by atoms with Crippen LogP contribution >= 0.6 is 0 Å². The lowest BCUT2D eigenvalue weighted by Gasteiger charge is -2.56. The van der Waals surface area contributed by atoms with Crippen molar-refractivity contribution in [1.82, 2.24) is 24.3 Å². The number of hydrogen-bond donors (Lipinski definition) is 0. The smallest absolute Gasteiger partial charge is 0.245 e. The van der Waals surface area contributed by atoms with Crippen LogP contribution in [0.15, 0.2) is 18.7 Å². The van der Waals surface area contributed by atoms with E-state index in [1.54, 1.807) is 0 Å². The van der Waals surface area contributed by atoms with Crippen LogP contribution in [-0.2, 0) is 20.9 Å². The van der Waals surface area contributed by atoms with Gasteiger partial charge in [0.05, 0.1) is 19.5 Å². The SMILES string of the molecule is O=C([C@H]1[C@H]2C[C@H](CN(CCn3ccnc3)C2)[C@@H]2CCCC(=O)N21)N1C[C@H]2COC[C@H]2C1. The van der Waals surface area contributed by atoms with Crippen LogP contribution < -0.4 is 0 Å². The van der Waals surface area contributed by atoms with Crippen molar-refractivity contribution < 1.29 is 14.3 Å². The Morgan fingerprint density at radius 2 is 1.87 bits per heavy atom. The Morgan fingerprint density at radius 3 is 2.65 bits per heavy atom. The Hall–Kier alpha value is -1.93. The minimum Gasteiger partial charge on any atom is -0.381 e. The number of aromatic nitrogens is 2. The molecule has 6 heterocycles. The first-order valence-electron chi connectivity index (χ1n) is 12.0. The Morgan fingerprint density at radius 1 is 1.06 bits per heavy atom. The van der Waals surface area contributed by atoms with Crippen molar-refractivity contribution in [1.29, 1.82) is 0 Å². The molecule has 5 saturated heterocycles. The highest BCUT2D eigenvalue weighted by atomic mass is 16.5. The molecule has 5 aliphatic rings. The van der Waals surface area contributed by atoms with Crippen LogP contribution in [0.5, 0.6) is 0 Å². The zero-order chi connectivity index (χ0) is 20.9. The zero-order valence-corrected chi connectivity index (χ0v) is 18.1. The molecule has 168 valence electrons. The number of rotatable bonds is 4. The van der Waals surface area contributed by atoms with Gasteiger partial charge in [-0.2, -0.15) is 0 Å². The predicted molar refractivity (Wildman–Crippen MR) is 113 cm³/mol. The first kappa shape index (κ1) is 19.7. The minimum absolute atomic E-state index is 0.203. The van der Waals surface area contributed by atoms with Gasteiger partial charge in [-0.1, -0.05) is 0 Å². The van der Waals surface area contributed by atoms with Crippen molar-refractivity contribution in [3.63, 3.8) is 0 Å². The fraction of sp³-hybridized carbons (Fsp3) is 0.783. The van der Waals surface area contributed by atoms with Gasteiger partial charge in [-0.05, 0) is 25.2 Å². The highest BCUT2D eigenvalue weighted by Gasteiger charge is 2.53. The van der Waals surface area contributed by atoms with Gasteiger partial charge in [-0.3, -0.25) is 9.59 Å². The second-order valence-corrected chi connectivity index (χ2v) is 10.3. The molecule has 0 N–H and O–H groups in total. The third-order valence-electron chi connectivity index (χ3n) is 8.46. The van der Waals surface area contributed by atoms with Crippen molar-refractivity contribution in [2.24, 2.45) is 23.7 Å². The normalized spacial score (nSPS) is 37.7. The average Bonchev–Trinajstić information content (AvgIpc) is 3.50. The minimum atomic E-state index is -0.273. The van der Waals surface area contributed by atoms with Crippen molar-refractivity contribution >= 4 is 11.8 Å². The quantitative estimate of drug-likeness (QED) is 0.707. The number of fused-ring (bicyclic) bond motifs is 5. The fourth-order valence-electron chi connectivity index (χ4n) is 6.98. The van der Waals surface area contributed by atoms with E-state index < -0.39 is 0 Å². The number of hydrogen-bond acceptors (Lipinski definition) is 5. The van der Waals surface area contributed by atoms with Gasteiger partial charge in [0.25, 0.3) is 0 Å². The molecule has 1 aromatic rings. The maximum atomic E-state index is 13.8. The Bertz CT molecular complexity index is 817. The largest absolute Gasteiger partial charge is 0.381 e. The maximum Gasteiger partial charge on any atom is 0.245 e. The average molecular weight is 428 g/mol. The lowest BCUT2D eigenvalue weighted by molar-refractivity contribution is -0.165. The summed E-state index contributed by atoms with van der Waals surface area (Å²) in [5, 5.41) is 0. The second-order valence-electron chi connectivity index (χ2n) is 10.3. The number of piperidine rings is 3. The molecule has 6 rings (SSSR count). The van der Waals surface area contributed by atoms with Gasteiger partial charge < -0.3 is 24.0 Å². The van der Waals surface area contributed by atoms with E-state index in [2.05, 4.69) is 24.3 Å². The van der Waals surface area contributed by atoms with Gasteiger partial charge in [0.1, 0.15) is 6.04 Å². The molecule has 0 unspecified atom stereocenters. The summed E-state index contributed by atoms with van der Waals surface area (Å²) in [5.74, 6) is 2.09. The van der Waals surface area contributed by atoms with Crippen LogP contribution in [0.25, 0.3) is 0 Å². The van der Waals surface area contributed by atoms with Gasteiger partial charge in [-0.15, -0.1) is 0 Å². The second kappa shape index (κ2) is 7.89. The molecule has 5 fully saturated rings. The Kier molecular flexibility index (Phi) is 5.02. The molecule has 6 atom stereocenters. The highest BCUT2D eigenvalue weighted by molar-refractivity contribution is 5.89. The van der Waals surface area contributed by atoms with Crippen LogP contribution in [-0.4, -0.2) is 94.1 Å². The summed E-state index contributed by atoms with van der Waals surface area (Å²) in [6, 6.07) is -0.0437. The molecule has 1 aromatic heterocycles.